The Kier molecular flexibility index (Phi) is 6.95. The van der Waals surface area contributed by atoms with E-state index in [0.717, 1.165) is 5.56 Å². The number of nitrogens with zero attached hydrogens (tertiary/aromatic N) is 1. The first-order valence-electron chi connectivity index (χ1n) is 8.81. The van der Waals surface area contributed by atoms with Crippen molar-refractivity contribution >= 4 is 17.8 Å². The van der Waals surface area contributed by atoms with Crippen LogP contribution in [0.3, 0.4) is 0 Å². The van der Waals surface area contributed by atoms with Gasteiger partial charge in [-0.05, 0) is 17.9 Å². The zero-order valence-corrected chi connectivity index (χ0v) is 15.5. The fourth-order valence-electron chi connectivity index (χ4n) is 3.01. The van der Waals surface area contributed by atoms with E-state index in [9.17, 15) is 14.4 Å². The van der Waals surface area contributed by atoms with Crippen molar-refractivity contribution in [2.75, 3.05) is 13.7 Å². The second-order valence-electron chi connectivity index (χ2n) is 6.81. The zero-order chi connectivity index (χ0) is 19.1. The largest absolute Gasteiger partial charge is 0.467 e. The van der Waals surface area contributed by atoms with Gasteiger partial charge in [-0.25, -0.2) is 4.79 Å². The van der Waals surface area contributed by atoms with Crippen LogP contribution in [0.5, 0.6) is 0 Å². The molecule has 140 valence electrons. The maximum absolute atomic E-state index is 13.0. The molecule has 0 saturated carbocycles. The van der Waals surface area contributed by atoms with E-state index < -0.39 is 18.1 Å². The highest BCUT2D eigenvalue weighted by Crippen LogP contribution is 2.15. The van der Waals surface area contributed by atoms with Crippen LogP contribution in [-0.2, 0) is 25.5 Å². The van der Waals surface area contributed by atoms with Crippen LogP contribution in [0.1, 0.15) is 25.8 Å². The minimum absolute atomic E-state index is 0.195. The highest BCUT2D eigenvalue weighted by atomic mass is 16.5. The fourth-order valence-corrected chi connectivity index (χ4v) is 3.01. The van der Waals surface area contributed by atoms with Crippen LogP contribution in [0.4, 0.5) is 0 Å². The van der Waals surface area contributed by atoms with Crippen LogP contribution >= 0.6 is 0 Å². The van der Waals surface area contributed by atoms with Gasteiger partial charge in [0, 0.05) is 19.0 Å². The van der Waals surface area contributed by atoms with E-state index in [2.05, 4.69) is 5.32 Å². The zero-order valence-electron chi connectivity index (χ0n) is 15.5. The average Bonchev–Trinajstić information content (AvgIpc) is 3.04. The third-order valence-corrected chi connectivity index (χ3v) is 4.31. The minimum atomic E-state index is -0.726. The predicted molar refractivity (Wildman–Crippen MR) is 98.2 cm³/mol. The van der Waals surface area contributed by atoms with Crippen molar-refractivity contribution in [2.24, 2.45) is 5.92 Å². The molecule has 0 aromatic heterocycles. The number of hydrogen-bond acceptors (Lipinski definition) is 4. The van der Waals surface area contributed by atoms with Crippen LogP contribution in [0.2, 0.25) is 0 Å². The Bertz CT molecular complexity index is 670. The van der Waals surface area contributed by atoms with Crippen molar-refractivity contribution in [1.82, 2.24) is 10.2 Å². The highest BCUT2D eigenvalue weighted by Gasteiger charge is 2.33. The summed E-state index contributed by atoms with van der Waals surface area (Å²) in [7, 11) is 1.30. The molecule has 2 rings (SSSR count). The number of ether oxygens (including phenoxy) is 1. The fraction of sp³-hybridized carbons (Fsp3) is 0.450. The van der Waals surface area contributed by atoms with Crippen LogP contribution in [0, 0.1) is 5.92 Å². The quantitative estimate of drug-likeness (QED) is 0.718. The number of benzene rings is 1. The van der Waals surface area contributed by atoms with E-state index in [1.165, 1.54) is 18.1 Å². The Morgan fingerprint density at radius 2 is 1.92 bits per heavy atom. The van der Waals surface area contributed by atoms with Gasteiger partial charge < -0.3 is 15.0 Å². The third kappa shape index (κ3) is 5.18. The Morgan fingerprint density at radius 3 is 2.46 bits per heavy atom. The molecule has 6 nitrogen and oxygen atoms in total. The number of esters is 1. The third-order valence-electron chi connectivity index (χ3n) is 4.31. The lowest BCUT2D eigenvalue weighted by molar-refractivity contribution is -0.146. The number of carbonyl (C=O) groups is 3. The van der Waals surface area contributed by atoms with E-state index in [1.807, 2.05) is 44.2 Å². The lowest BCUT2D eigenvalue weighted by Crippen LogP contribution is -2.53. The summed E-state index contributed by atoms with van der Waals surface area (Å²) in [6.45, 7) is 4.33. The van der Waals surface area contributed by atoms with Gasteiger partial charge in [-0.1, -0.05) is 50.3 Å². The SMILES string of the molecule is COC(=O)[C@H](CC(C)C)NC(=O)[C@H](Cc1ccccc1)N1CC=CC1=O. The predicted octanol–water partition coefficient (Wildman–Crippen LogP) is 1.70. The molecule has 1 heterocycles. The average molecular weight is 358 g/mol. The van der Waals surface area contributed by atoms with E-state index in [-0.39, 0.29) is 17.7 Å². The highest BCUT2D eigenvalue weighted by molar-refractivity contribution is 5.96. The Morgan fingerprint density at radius 1 is 1.23 bits per heavy atom. The second kappa shape index (κ2) is 9.17. The summed E-state index contributed by atoms with van der Waals surface area (Å²) in [5.41, 5.74) is 0.950. The smallest absolute Gasteiger partial charge is 0.328 e. The number of nitrogens with one attached hydrogen (secondary N) is 1. The van der Waals surface area contributed by atoms with Crippen molar-refractivity contribution < 1.29 is 19.1 Å². The van der Waals surface area contributed by atoms with Crippen LogP contribution < -0.4 is 5.32 Å². The van der Waals surface area contributed by atoms with Gasteiger partial charge in [-0.2, -0.15) is 0 Å². The Balaban J connectivity index is 2.18. The molecule has 1 aromatic rings. The molecule has 1 aromatic carbocycles. The molecule has 6 heteroatoms. The van der Waals surface area contributed by atoms with Crippen LogP contribution in [-0.4, -0.2) is 48.4 Å². The molecule has 26 heavy (non-hydrogen) atoms. The maximum Gasteiger partial charge on any atom is 0.328 e. The summed E-state index contributed by atoms with van der Waals surface area (Å²) in [6.07, 6.45) is 4.06. The van der Waals surface area contributed by atoms with Crippen LogP contribution in [0.15, 0.2) is 42.5 Å². The van der Waals surface area contributed by atoms with Gasteiger partial charge in [0.25, 0.3) is 0 Å². The summed E-state index contributed by atoms with van der Waals surface area (Å²) in [5, 5.41) is 2.78. The molecule has 2 amide bonds. The second-order valence-corrected chi connectivity index (χ2v) is 6.81. The van der Waals surface area contributed by atoms with E-state index in [0.29, 0.717) is 19.4 Å². The molecule has 2 atom stereocenters. The molecular formula is C20H26N2O4. The molecule has 0 unspecified atom stereocenters. The van der Waals surface area contributed by atoms with Crippen molar-refractivity contribution in [3.8, 4) is 0 Å². The molecule has 0 radical (unpaired) electrons. The summed E-state index contributed by atoms with van der Waals surface area (Å²) in [4.78, 5) is 38.6. The first kappa shape index (κ1) is 19.7. The number of carbonyl (C=O) groups excluding carboxylic acids is 3. The molecule has 1 aliphatic rings. The number of amides is 2. The minimum Gasteiger partial charge on any atom is -0.467 e. The molecule has 0 saturated heterocycles. The first-order valence-corrected chi connectivity index (χ1v) is 8.81. The molecule has 1 aliphatic heterocycles. The number of hydrogen-bond donors (Lipinski definition) is 1. The van der Waals surface area contributed by atoms with Gasteiger partial charge in [0.1, 0.15) is 12.1 Å². The molecule has 0 spiro atoms. The lowest BCUT2D eigenvalue weighted by Gasteiger charge is -2.29. The summed E-state index contributed by atoms with van der Waals surface area (Å²) < 4.78 is 4.81. The van der Waals surface area contributed by atoms with Gasteiger partial charge >= 0.3 is 5.97 Å². The van der Waals surface area contributed by atoms with Crippen molar-refractivity contribution in [3.05, 3.63) is 48.0 Å². The Hall–Kier alpha value is -2.63. The molecule has 0 bridgehead atoms. The van der Waals surface area contributed by atoms with E-state index in [1.54, 1.807) is 6.08 Å². The van der Waals surface area contributed by atoms with Gasteiger partial charge in [-0.3, -0.25) is 9.59 Å². The molecule has 0 fully saturated rings. The number of rotatable bonds is 8. The van der Waals surface area contributed by atoms with E-state index in [4.69, 9.17) is 4.74 Å². The summed E-state index contributed by atoms with van der Waals surface area (Å²) in [5.74, 6) is -0.806. The van der Waals surface area contributed by atoms with Crippen LogP contribution in [0.25, 0.3) is 0 Å². The van der Waals surface area contributed by atoms with Gasteiger partial charge in [0.2, 0.25) is 11.8 Å². The standard InChI is InChI=1S/C20H26N2O4/c1-14(2)12-16(20(25)26-3)21-19(24)17(22-11-7-10-18(22)23)13-15-8-5-4-6-9-15/h4-10,14,16-17H,11-13H2,1-3H3,(H,21,24)/t16-,17-/m0/s1. The van der Waals surface area contributed by atoms with Crippen molar-refractivity contribution in [3.63, 3.8) is 0 Å². The first-order chi connectivity index (χ1) is 12.4. The number of methoxy groups -OCH3 is 1. The van der Waals surface area contributed by atoms with E-state index >= 15 is 0 Å². The van der Waals surface area contributed by atoms with Crippen molar-refractivity contribution in [1.29, 1.82) is 0 Å². The summed E-state index contributed by atoms with van der Waals surface area (Å²) in [6, 6.07) is 8.11. The molecular weight excluding hydrogens is 332 g/mol. The van der Waals surface area contributed by atoms with Gasteiger partial charge in [0.15, 0.2) is 0 Å². The molecule has 0 aliphatic carbocycles. The monoisotopic (exact) mass is 358 g/mol. The lowest BCUT2D eigenvalue weighted by atomic mass is 10.0. The topological polar surface area (TPSA) is 75.7 Å². The Labute approximate surface area is 154 Å². The van der Waals surface area contributed by atoms with Gasteiger partial charge in [0.05, 0.1) is 7.11 Å². The van der Waals surface area contributed by atoms with Crippen molar-refractivity contribution in [2.45, 2.75) is 38.8 Å². The maximum atomic E-state index is 13.0. The van der Waals surface area contributed by atoms with Gasteiger partial charge in [-0.15, -0.1) is 0 Å². The normalized spacial score (nSPS) is 15.8. The molecule has 1 N–H and O–H groups in total. The summed E-state index contributed by atoms with van der Waals surface area (Å²) >= 11 is 0.